The number of fused-ring (bicyclic) bond motifs is 1. The lowest BCUT2D eigenvalue weighted by Gasteiger charge is -2.39. The summed E-state index contributed by atoms with van der Waals surface area (Å²) in [5.74, 6) is -0.767. The molecule has 12 nitrogen and oxygen atoms in total. The van der Waals surface area contributed by atoms with E-state index >= 15 is 0 Å². The molecular formula is C32H41NO11. The van der Waals surface area contributed by atoms with Gasteiger partial charge in [-0.15, -0.1) is 0 Å². The number of aromatic hydroxyl groups is 1. The summed E-state index contributed by atoms with van der Waals surface area (Å²) < 4.78 is 29.0. The number of aliphatic hydroxyl groups excluding tert-OH is 3. The number of phenolic OH excluding ortho intramolecular Hbond substituents is 1. The van der Waals surface area contributed by atoms with Gasteiger partial charge in [-0.1, -0.05) is 26.7 Å². The third-order valence-electron chi connectivity index (χ3n) is 7.06. The first-order chi connectivity index (χ1) is 21.0. The lowest BCUT2D eigenvalue weighted by atomic mass is 9.98. The Kier molecular flexibility index (Phi) is 11.1. The van der Waals surface area contributed by atoms with E-state index in [0.29, 0.717) is 24.3 Å². The van der Waals surface area contributed by atoms with E-state index < -0.39 is 47.8 Å². The normalized spacial score (nSPS) is 21.8. The molecule has 2 aromatic carbocycles. The monoisotopic (exact) mass is 615 g/mol. The number of aliphatic hydroxyl groups is 3. The number of carbonyl (C=O) groups is 1. The van der Waals surface area contributed by atoms with Crippen molar-refractivity contribution in [3.8, 4) is 34.3 Å². The molecule has 0 spiro atoms. The van der Waals surface area contributed by atoms with E-state index in [2.05, 4.69) is 12.2 Å². The molecule has 0 radical (unpaired) electrons. The van der Waals surface area contributed by atoms with Crippen LogP contribution in [0.4, 0.5) is 0 Å². The topological polar surface area (TPSA) is 177 Å². The third kappa shape index (κ3) is 7.44. The van der Waals surface area contributed by atoms with Gasteiger partial charge in [0.05, 0.1) is 13.2 Å². The Morgan fingerprint density at radius 1 is 0.955 bits per heavy atom. The van der Waals surface area contributed by atoms with E-state index in [0.717, 1.165) is 19.3 Å². The quantitative estimate of drug-likeness (QED) is 0.178. The Morgan fingerprint density at radius 2 is 1.61 bits per heavy atom. The Bertz CT molecular complexity index is 1470. The number of amides is 1. The molecule has 240 valence electrons. The first-order valence-electron chi connectivity index (χ1n) is 14.9. The van der Waals surface area contributed by atoms with Crippen LogP contribution >= 0.6 is 0 Å². The van der Waals surface area contributed by atoms with Crippen molar-refractivity contribution in [3.05, 3.63) is 46.6 Å². The maximum atomic E-state index is 13.2. The van der Waals surface area contributed by atoms with Crippen LogP contribution in [0.2, 0.25) is 0 Å². The average molecular weight is 616 g/mol. The summed E-state index contributed by atoms with van der Waals surface area (Å²) in [7, 11) is 0. The Balaban J connectivity index is 1.72. The molecule has 3 aromatic rings. The van der Waals surface area contributed by atoms with Crippen molar-refractivity contribution < 1.29 is 48.6 Å². The molecule has 0 aliphatic carbocycles. The zero-order valence-electron chi connectivity index (χ0n) is 25.3. The van der Waals surface area contributed by atoms with Crippen molar-refractivity contribution in [1.29, 1.82) is 0 Å². The summed E-state index contributed by atoms with van der Waals surface area (Å²) in [6.45, 7) is 8.19. The van der Waals surface area contributed by atoms with Crippen LogP contribution in [0.1, 0.15) is 53.4 Å². The molecule has 2 heterocycles. The second-order valence-electron chi connectivity index (χ2n) is 11.0. The molecule has 0 saturated carbocycles. The molecule has 4 rings (SSSR count). The van der Waals surface area contributed by atoms with E-state index in [1.807, 2.05) is 6.92 Å². The number of benzene rings is 2. The highest BCUT2D eigenvalue weighted by molar-refractivity contribution is 5.89. The van der Waals surface area contributed by atoms with Gasteiger partial charge in [0.2, 0.25) is 12.0 Å². The van der Waals surface area contributed by atoms with E-state index in [1.165, 1.54) is 12.1 Å². The molecular weight excluding hydrogens is 574 g/mol. The predicted molar refractivity (Wildman–Crippen MR) is 161 cm³/mol. The molecule has 1 amide bonds. The van der Waals surface area contributed by atoms with Crippen LogP contribution in [0.15, 0.2) is 45.6 Å². The highest BCUT2D eigenvalue weighted by atomic mass is 16.7. The van der Waals surface area contributed by atoms with Crippen molar-refractivity contribution in [1.82, 2.24) is 5.32 Å². The van der Waals surface area contributed by atoms with Crippen molar-refractivity contribution in [2.45, 2.75) is 90.1 Å². The molecule has 1 aromatic heterocycles. The fraction of sp³-hybridized carbons (Fsp3) is 0.500. The number of carbonyl (C=O) groups excluding carboxylic acids is 1. The predicted octanol–water partition coefficient (Wildman–Crippen LogP) is 3.23. The van der Waals surface area contributed by atoms with Crippen LogP contribution in [-0.4, -0.2) is 76.3 Å². The van der Waals surface area contributed by atoms with Gasteiger partial charge in [-0.3, -0.25) is 9.59 Å². The summed E-state index contributed by atoms with van der Waals surface area (Å²) in [5, 5.41) is 45.3. The molecule has 1 aliphatic heterocycles. The van der Waals surface area contributed by atoms with Crippen LogP contribution in [0.25, 0.3) is 22.3 Å². The number of rotatable bonds is 13. The number of nitrogens with one attached hydrogen (secondary N) is 1. The van der Waals surface area contributed by atoms with Crippen LogP contribution in [-0.2, 0) is 9.53 Å². The highest BCUT2D eigenvalue weighted by Gasteiger charge is 2.48. The number of hydrogen-bond donors (Lipinski definition) is 5. The molecule has 1 saturated heterocycles. The van der Waals surface area contributed by atoms with Gasteiger partial charge in [0.15, 0.2) is 23.0 Å². The molecule has 5 unspecified atom stereocenters. The first kappa shape index (κ1) is 33.1. The maximum Gasteiger partial charge on any atom is 0.252 e. The van der Waals surface area contributed by atoms with Gasteiger partial charge in [-0.2, -0.15) is 0 Å². The van der Waals surface area contributed by atoms with Crippen LogP contribution in [0.3, 0.4) is 0 Å². The van der Waals surface area contributed by atoms with E-state index in [9.17, 15) is 30.0 Å². The number of unbranched alkanes of at least 4 members (excludes halogenated alkanes) is 2. The second kappa shape index (κ2) is 14.8. The molecule has 5 atom stereocenters. The second-order valence-corrected chi connectivity index (χ2v) is 11.0. The lowest BCUT2D eigenvalue weighted by molar-refractivity contribution is -0.267. The SMILES string of the molecule is CCCCOc1ccc(-c2cc(=O)c3c(O)c(OCCCC)c(OC4OC(C(=O)NC(C)C)C(O)C(O)C4O)cc3o2)cc1. The van der Waals surface area contributed by atoms with Crippen LogP contribution < -0.4 is 25.0 Å². The number of hydrogen-bond acceptors (Lipinski definition) is 11. The number of phenols is 1. The summed E-state index contributed by atoms with van der Waals surface area (Å²) in [4.78, 5) is 25.9. The van der Waals surface area contributed by atoms with Crippen LogP contribution in [0.5, 0.6) is 23.0 Å². The highest BCUT2D eigenvalue weighted by Crippen LogP contribution is 2.44. The molecule has 44 heavy (non-hydrogen) atoms. The Morgan fingerprint density at radius 3 is 2.25 bits per heavy atom. The van der Waals surface area contributed by atoms with Crippen LogP contribution in [0, 0.1) is 0 Å². The van der Waals surface area contributed by atoms with Gasteiger partial charge < -0.3 is 49.1 Å². The first-order valence-corrected chi connectivity index (χ1v) is 14.9. The molecule has 1 aliphatic rings. The minimum Gasteiger partial charge on any atom is -0.504 e. The van der Waals surface area contributed by atoms with Gasteiger partial charge >= 0.3 is 0 Å². The minimum absolute atomic E-state index is 0.0499. The van der Waals surface area contributed by atoms with E-state index in [1.54, 1.807) is 38.1 Å². The average Bonchev–Trinajstić information content (AvgIpc) is 2.98. The summed E-state index contributed by atoms with van der Waals surface area (Å²) in [6.07, 6.45) is -5.24. The largest absolute Gasteiger partial charge is 0.504 e. The van der Waals surface area contributed by atoms with Gasteiger partial charge in [-0.05, 0) is 51.0 Å². The molecule has 0 bridgehead atoms. The van der Waals surface area contributed by atoms with Gasteiger partial charge in [0, 0.05) is 23.7 Å². The van der Waals surface area contributed by atoms with Crippen molar-refractivity contribution in [3.63, 3.8) is 0 Å². The van der Waals surface area contributed by atoms with Gasteiger partial charge in [-0.25, -0.2) is 0 Å². The summed E-state index contributed by atoms with van der Waals surface area (Å²) in [5.41, 5.74) is -0.00264. The van der Waals surface area contributed by atoms with Gasteiger partial charge in [0.1, 0.15) is 40.8 Å². The lowest BCUT2D eigenvalue weighted by Crippen LogP contribution is -2.63. The molecule has 12 heteroatoms. The van der Waals surface area contributed by atoms with Crippen molar-refractivity contribution in [2.75, 3.05) is 13.2 Å². The standard InChI is InChI=1S/C32H41NO11/c1-5-7-13-40-19-11-9-18(10-12-19)21-15-20(34)24-22(42-21)16-23(29(25(24)35)41-14-8-6-2)43-32-28(38)26(36)27(37)30(44-32)31(39)33-17(3)4/h9-12,15-17,26-28,30,32,35-38H,5-8,13-14H2,1-4H3,(H,33,39). The molecule has 5 N–H and O–H groups in total. The zero-order valence-corrected chi connectivity index (χ0v) is 25.3. The zero-order chi connectivity index (χ0) is 32.0. The maximum absolute atomic E-state index is 13.2. The fourth-order valence-corrected chi connectivity index (χ4v) is 4.65. The summed E-state index contributed by atoms with van der Waals surface area (Å²) in [6, 6.07) is 9.28. The van der Waals surface area contributed by atoms with E-state index in [4.69, 9.17) is 23.4 Å². The van der Waals surface area contributed by atoms with Crippen molar-refractivity contribution in [2.24, 2.45) is 0 Å². The number of ether oxygens (including phenoxy) is 4. The smallest absolute Gasteiger partial charge is 0.252 e. The molecule has 1 fully saturated rings. The third-order valence-corrected chi connectivity index (χ3v) is 7.06. The fourth-order valence-electron chi connectivity index (χ4n) is 4.65. The van der Waals surface area contributed by atoms with Gasteiger partial charge in [0.25, 0.3) is 5.91 Å². The Hall–Kier alpha value is -3.84. The summed E-state index contributed by atoms with van der Waals surface area (Å²) >= 11 is 0. The minimum atomic E-state index is -1.80. The Labute approximate surface area is 255 Å². The van der Waals surface area contributed by atoms with E-state index in [-0.39, 0.29) is 40.9 Å². The van der Waals surface area contributed by atoms with Crippen molar-refractivity contribution >= 4 is 16.9 Å².